The number of rotatable bonds is 4. The van der Waals surface area contributed by atoms with E-state index in [4.69, 9.17) is 4.74 Å². The van der Waals surface area contributed by atoms with Gasteiger partial charge in [0.1, 0.15) is 5.75 Å². The molecule has 2 aliphatic heterocycles. The van der Waals surface area contributed by atoms with Crippen LogP contribution in [0.4, 0.5) is 5.69 Å². The summed E-state index contributed by atoms with van der Waals surface area (Å²) in [4.78, 5) is 13.9. The molecule has 1 N–H and O–H groups in total. The topological polar surface area (TPSA) is 41.6 Å². The lowest BCUT2D eigenvalue weighted by Gasteiger charge is -2.29. The summed E-state index contributed by atoms with van der Waals surface area (Å²) in [5.74, 6) is 0.900. The molecule has 1 unspecified atom stereocenters. The second kappa shape index (κ2) is 5.83. The molecule has 0 bridgehead atoms. The number of amides is 1. The van der Waals surface area contributed by atoms with Crippen LogP contribution in [0.1, 0.15) is 31.7 Å². The lowest BCUT2D eigenvalue weighted by atomic mass is 10.0. The average molecular weight is 274 g/mol. The molecule has 4 heteroatoms. The molecule has 3 rings (SSSR count). The van der Waals surface area contributed by atoms with Crippen LogP contribution in [-0.4, -0.2) is 31.6 Å². The summed E-state index contributed by atoms with van der Waals surface area (Å²) in [6, 6.07) is 6.84. The van der Waals surface area contributed by atoms with Gasteiger partial charge in [0.05, 0.1) is 5.69 Å². The zero-order valence-electron chi connectivity index (χ0n) is 12.0. The van der Waals surface area contributed by atoms with Crippen molar-refractivity contribution in [1.82, 2.24) is 5.32 Å². The standard InChI is InChI=1S/C16H22N2O2/c1-2-8-18-14-10-12(9-13-4-3-7-17-13)5-6-15(14)20-11-16(18)19/h5-6,10,13,17H,2-4,7-9,11H2,1H3. The molecule has 1 aromatic carbocycles. The lowest BCUT2D eigenvalue weighted by Crippen LogP contribution is -2.39. The van der Waals surface area contributed by atoms with Crippen molar-refractivity contribution in [3.05, 3.63) is 23.8 Å². The van der Waals surface area contributed by atoms with Gasteiger partial charge in [-0.05, 0) is 49.9 Å². The van der Waals surface area contributed by atoms with Crippen molar-refractivity contribution in [1.29, 1.82) is 0 Å². The number of anilines is 1. The zero-order valence-corrected chi connectivity index (χ0v) is 12.0. The maximum Gasteiger partial charge on any atom is 0.265 e. The van der Waals surface area contributed by atoms with E-state index in [0.717, 1.165) is 37.4 Å². The van der Waals surface area contributed by atoms with E-state index < -0.39 is 0 Å². The molecule has 0 radical (unpaired) electrons. The van der Waals surface area contributed by atoms with Crippen LogP contribution in [0.2, 0.25) is 0 Å². The molecule has 0 saturated carbocycles. The number of nitrogens with zero attached hydrogens (tertiary/aromatic N) is 1. The molecule has 1 fully saturated rings. The Morgan fingerprint density at radius 2 is 2.35 bits per heavy atom. The Labute approximate surface area is 120 Å². The molecule has 20 heavy (non-hydrogen) atoms. The van der Waals surface area contributed by atoms with Crippen molar-refractivity contribution < 1.29 is 9.53 Å². The maximum atomic E-state index is 12.0. The predicted molar refractivity (Wildman–Crippen MR) is 79.3 cm³/mol. The second-order valence-electron chi connectivity index (χ2n) is 5.63. The van der Waals surface area contributed by atoms with Gasteiger partial charge in [-0.2, -0.15) is 0 Å². The smallest absolute Gasteiger partial charge is 0.265 e. The molecule has 1 amide bonds. The molecule has 0 spiro atoms. The summed E-state index contributed by atoms with van der Waals surface area (Å²) in [7, 11) is 0. The van der Waals surface area contributed by atoms with Crippen molar-refractivity contribution in [2.45, 2.75) is 38.6 Å². The van der Waals surface area contributed by atoms with Gasteiger partial charge in [0.25, 0.3) is 5.91 Å². The molecule has 0 aromatic heterocycles. The zero-order chi connectivity index (χ0) is 13.9. The van der Waals surface area contributed by atoms with Crippen LogP contribution in [0.3, 0.4) is 0 Å². The molecule has 2 aliphatic rings. The first kappa shape index (κ1) is 13.4. The fourth-order valence-electron chi connectivity index (χ4n) is 3.06. The second-order valence-corrected chi connectivity index (χ2v) is 5.63. The van der Waals surface area contributed by atoms with Gasteiger partial charge in [-0.15, -0.1) is 0 Å². The van der Waals surface area contributed by atoms with Crippen molar-refractivity contribution in [2.24, 2.45) is 0 Å². The molecule has 1 saturated heterocycles. The molecule has 108 valence electrons. The van der Waals surface area contributed by atoms with Gasteiger partial charge in [-0.1, -0.05) is 13.0 Å². The highest BCUT2D eigenvalue weighted by Gasteiger charge is 2.25. The summed E-state index contributed by atoms with van der Waals surface area (Å²) in [5.41, 5.74) is 2.22. The van der Waals surface area contributed by atoms with Gasteiger partial charge < -0.3 is 15.0 Å². The van der Waals surface area contributed by atoms with E-state index in [2.05, 4.69) is 24.4 Å². The molecular formula is C16H22N2O2. The molecular weight excluding hydrogens is 252 g/mol. The lowest BCUT2D eigenvalue weighted by molar-refractivity contribution is -0.121. The molecule has 1 aromatic rings. The van der Waals surface area contributed by atoms with E-state index in [1.165, 1.54) is 18.4 Å². The van der Waals surface area contributed by atoms with Crippen LogP contribution in [0.5, 0.6) is 5.75 Å². The first-order valence-electron chi connectivity index (χ1n) is 7.57. The minimum absolute atomic E-state index is 0.0653. The van der Waals surface area contributed by atoms with E-state index in [9.17, 15) is 4.79 Å². The number of hydrogen-bond donors (Lipinski definition) is 1. The summed E-state index contributed by atoms with van der Waals surface area (Å²) >= 11 is 0. The number of benzene rings is 1. The van der Waals surface area contributed by atoms with Gasteiger partial charge >= 0.3 is 0 Å². The Morgan fingerprint density at radius 3 is 3.10 bits per heavy atom. The fraction of sp³-hybridized carbons (Fsp3) is 0.562. The third-order valence-electron chi connectivity index (χ3n) is 4.06. The third-order valence-corrected chi connectivity index (χ3v) is 4.06. The number of carbonyl (C=O) groups excluding carboxylic acids is 1. The van der Waals surface area contributed by atoms with Crippen LogP contribution >= 0.6 is 0 Å². The van der Waals surface area contributed by atoms with Crippen LogP contribution < -0.4 is 15.0 Å². The van der Waals surface area contributed by atoms with Crippen LogP contribution in [0, 0.1) is 0 Å². The normalized spacial score (nSPS) is 21.8. The van der Waals surface area contributed by atoms with Gasteiger partial charge in [0.15, 0.2) is 6.61 Å². The first-order chi connectivity index (χ1) is 9.78. The summed E-state index contributed by atoms with van der Waals surface area (Å²) < 4.78 is 5.53. The van der Waals surface area contributed by atoms with Crippen LogP contribution in [0.15, 0.2) is 18.2 Å². The van der Waals surface area contributed by atoms with Gasteiger partial charge in [0.2, 0.25) is 0 Å². The Balaban J connectivity index is 1.83. The number of fused-ring (bicyclic) bond motifs is 1. The van der Waals surface area contributed by atoms with Crippen molar-refractivity contribution in [3.8, 4) is 5.75 Å². The van der Waals surface area contributed by atoms with Crippen molar-refractivity contribution >= 4 is 11.6 Å². The van der Waals surface area contributed by atoms with E-state index in [-0.39, 0.29) is 12.5 Å². The molecule has 2 heterocycles. The highest BCUT2D eigenvalue weighted by atomic mass is 16.5. The van der Waals surface area contributed by atoms with Crippen LogP contribution in [0.25, 0.3) is 0 Å². The Kier molecular flexibility index (Phi) is 3.92. The molecule has 4 nitrogen and oxygen atoms in total. The van der Waals surface area contributed by atoms with Gasteiger partial charge in [-0.25, -0.2) is 0 Å². The Morgan fingerprint density at radius 1 is 1.45 bits per heavy atom. The summed E-state index contributed by atoms with van der Waals surface area (Å²) in [6.07, 6.45) is 4.49. The van der Waals surface area contributed by atoms with E-state index in [1.54, 1.807) is 0 Å². The summed E-state index contributed by atoms with van der Waals surface area (Å²) in [5, 5.41) is 3.52. The number of carbonyl (C=O) groups is 1. The predicted octanol–water partition coefficient (Wildman–Crippen LogP) is 2.12. The highest BCUT2D eigenvalue weighted by molar-refractivity contribution is 5.97. The van der Waals surface area contributed by atoms with Gasteiger partial charge in [0, 0.05) is 12.6 Å². The fourth-order valence-corrected chi connectivity index (χ4v) is 3.06. The summed E-state index contributed by atoms with van der Waals surface area (Å²) in [6.45, 7) is 4.14. The molecule has 0 aliphatic carbocycles. The van der Waals surface area contributed by atoms with Crippen molar-refractivity contribution in [2.75, 3.05) is 24.6 Å². The number of nitrogens with one attached hydrogen (secondary N) is 1. The highest BCUT2D eigenvalue weighted by Crippen LogP contribution is 2.33. The Bertz CT molecular complexity index is 495. The monoisotopic (exact) mass is 274 g/mol. The maximum absolute atomic E-state index is 12.0. The third kappa shape index (κ3) is 2.66. The van der Waals surface area contributed by atoms with E-state index in [1.807, 2.05) is 11.0 Å². The van der Waals surface area contributed by atoms with Gasteiger partial charge in [-0.3, -0.25) is 4.79 Å². The first-order valence-corrected chi connectivity index (χ1v) is 7.57. The number of ether oxygens (including phenoxy) is 1. The SMILES string of the molecule is CCCN1C(=O)COc2ccc(CC3CCCN3)cc21. The van der Waals surface area contributed by atoms with E-state index in [0.29, 0.717) is 6.04 Å². The van der Waals surface area contributed by atoms with Crippen molar-refractivity contribution in [3.63, 3.8) is 0 Å². The minimum Gasteiger partial charge on any atom is -0.482 e. The Hall–Kier alpha value is -1.55. The average Bonchev–Trinajstić information content (AvgIpc) is 2.95. The largest absolute Gasteiger partial charge is 0.482 e. The van der Waals surface area contributed by atoms with E-state index >= 15 is 0 Å². The molecule has 1 atom stereocenters. The minimum atomic E-state index is 0.0653. The number of hydrogen-bond acceptors (Lipinski definition) is 3. The van der Waals surface area contributed by atoms with Crippen LogP contribution in [-0.2, 0) is 11.2 Å². The quantitative estimate of drug-likeness (QED) is 0.914.